The summed E-state index contributed by atoms with van der Waals surface area (Å²) in [5.41, 5.74) is 6.98. The molecule has 0 heterocycles. The number of halogens is 1. The van der Waals surface area contributed by atoms with Gasteiger partial charge in [0.1, 0.15) is 5.82 Å². The van der Waals surface area contributed by atoms with Crippen LogP contribution in [0.25, 0.3) is 0 Å². The number of benzene rings is 1. The first kappa shape index (κ1) is 11.5. The number of hydrogen-bond donors (Lipinski definition) is 2. The molecule has 1 rings (SSSR count). The summed E-state index contributed by atoms with van der Waals surface area (Å²) < 4.78 is 0. The molecule has 1 aromatic carbocycles. The standard InChI is InChI=1S/C10H13ClN4/c1-7(10(12)13-2)14-15-9-5-3-8(11)4-6-9/h3-6,13H,12H2,1-2H3/b10-7+,15-14+. The van der Waals surface area contributed by atoms with Crippen molar-refractivity contribution in [3.63, 3.8) is 0 Å². The van der Waals surface area contributed by atoms with E-state index in [9.17, 15) is 0 Å². The third kappa shape index (κ3) is 3.59. The highest BCUT2D eigenvalue weighted by Gasteiger charge is 1.93. The Labute approximate surface area is 93.8 Å². The van der Waals surface area contributed by atoms with E-state index in [0.29, 0.717) is 16.5 Å². The molecule has 0 fully saturated rings. The van der Waals surface area contributed by atoms with E-state index >= 15 is 0 Å². The lowest BCUT2D eigenvalue weighted by molar-refractivity contribution is 0.910. The fourth-order valence-electron chi connectivity index (χ4n) is 0.875. The van der Waals surface area contributed by atoms with Crippen LogP contribution in [0.1, 0.15) is 6.92 Å². The predicted octanol–water partition coefficient (Wildman–Crippen LogP) is 2.79. The Hall–Kier alpha value is -1.55. The minimum absolute atomic E-state index is 0.507. The van der Waals surface area contributed by atoms with Crippen LogP contribution < -0.4 is 11.1 Å². The van der Waals surface area contributed by atoms with Crippen LogP contribution >= 0.6 is 11.6 Å². The minimum Gasteiger partial charge on any atom is -0.384 e. The molecular formula is C10H13ClN4. The van der Waals surface area contributed by atoms with E-state index in [2.05, 4.69) is 15.5 Å². The van der Waals surface area contributed by atoms with Gasteiger partial charge in [0.15, 0.2) is 0 Å². The molecule has 0 radical (unpaired) electrons. The van der Waals surface area contributed by atoms with E-state index in [0.717, 1.165) is 5.69 Å². The van der Waals surface area contributed by atoms with E-state index in [-0.39, 0.29) is 0 Å². The van der Waals surface area contributed by atoms with E-state index < -0.39 is 0 Å². The van der Waals surface area contributed by atoms with Crippen molar-refractivity contribution in [1.82, 2.24) is 5.32 Å². The molecule has 0 bridgehead atoms. The summed E-state index contributed by atoms with van der Waals surface area (Å²) >= 11 is 5.74. The summed E-state index contributed by atoms with van der Waals surface area (Å²) in [4.78, 5) is 0. The molecular weight excluding hydrogens is 212 g/mol. The van der Waals surface area contributed by atoms with Gasteiger partial charge < -0.3 is 11.1 Å². The van der Waals surface area contributed by atoms with Gasteiger partial charge in [0.2, 0.25) is 0 Å². The lowest BCUT2D eigenvalue weighted by Gasteiger charge is -2.00. The molecule has 0 atom stereocenters. The average molecular weight is 225 g/mol. The monoisotopic (exact) mass is 224 g/mol. The normalized spacial score (nSPS) is 12.7. The average Bonchev–Trinajstić information content (AvgIpc) is 2.26. The molecule has 0 saturated heterocycles. The van der Waals surface area contributed by atoms with Gasteiger partial charge in [-0.1, -0.05) is 11.6 Å². The van der Waals surface area contributed by atoms with Gasteiger partial charge in [-0.3, -0.25) is 0 Å². The maximum absolute atomic E-state index is 5.74. The summed E-state index contributed by atoms with van der Waals surface area (Å²) in [6, 6.07) is 7.09. The van der Waals surface area contributed by atoms with E-state index in [1.165, 1.54) is 0 Å². The molecule has 0 aromatic heterocycles. The maximum atomic E-state index is 5.74. The van der Waals surface area contributed by atoms with Gasteiger partial charge >= 0.3 is 0 Å². The van der Waals surface area contributed by atoms with Crippen LogP contribution in [0.4, 0.5) is 5.69 Å². The van der Waals surface area contributed by atoms with Gasteiger partial charge in [-0.2, -0.15) is 10.2 Å². The second-order valence-electron chi connectivity index (χ2n) is 2.93. The molecule has 5 heteroatoms. The third-order valence-corrected chi connectivity index (χ3v) is 2.05. The van der Waals surface area contributed by atoms with Crippen molar-refractivity contribution in [2.45, 2.75) is 6.92 Å². The molecule has 3 N–H and O–H groups in total. The first-order chi connectivity index (χ1) is 7.13. The Kier molecular flexibility index (Phi) is 4.12. The van der Waals surface area contributed by atoms with Gasteiger partial charge in [0, 0.05) is 12.1 Å². The first-order valence-corrected chi connectivity index (χ1v) is 4.82. The van der Waals surface area contributed by atoms with Crippen molar-refractivity contribution >= 4 is 17.3 Å². The van der Waals surface area contributed by atoms with Crippen LogP contribution in [-0.4, -0.2) is 7.05 Å². The highest BCUT2D eigenvalue weighted by molar-refractivity contribution is 6.30. The van der Waals surface area contributed by atoms with Crippen LogP contribution in [0.3, 0.4) is 0 Å². The van der Waals surface area contributed by atoms with Crippen LogP contribution in [0.5, 0.6) is 0 Å². The fraction of sp³-hybridized carbons (Fsp3) is 0.200. The van der Waals surface area contributed by atoms with Gasteiger partial charge in [0.25, 0.3) is 0 Å². The van der Waals surface area contributed by atoms with Crippen LogP contribution in [0.15, 0.2) is 46.0 Å². The number of nitrogens with two attached hydrogens (primary N) is 1. The van der Waals surface area contributed by atoms with Crippen molar-refractivity contribution in [3.8, 4) is 0 Å². The molecule has 0 saturated carbocycles. The molecule has 0 aliphatic carbocycles. The van der Waals surface area contributed by atoms with Gasteiger partial charge in [-0.05, 0) is 31.2 Å². The van der Waals surface area contributed by atoms with Crippen molar-refractivity contribution in [1.29, 1.82) is 0 Å². The van der Waals surface area contributed by atoms with E-state index in [4.69, 9.17) is 17.3 Å². The molecule has 80 valence electrons. The zero-order valence-electron chi connectivity index (χ0n) is 8.66. The molecule has 4 nitrogen and oxygen atoms in total. The van der Waals surface area contributed by atoms with E-state index in [1.54, 1.807) is 38.2 Å². The molecule has 0 aliphatic rings. The zero-order valence-corrected chi connectivity index (χ0v) is 9.42. The van der Waals surface area contributed by atoms with Crippen molar-refractivity contribution in [3.05, 3.63) is 40.8 Å². The Morgan fingerprint density at radius 2 is 1.93 bits per heavy atom. The van der Waals surface area contributed by atoms with Gasteiger partial charge in [0.05, 0.1) is 11.4 Å². The lowest BCUT2D eigenvalue weighted by Crippen LogP contribution is -2.15. The summed E-state index contributed by atoms with van der Waals surface area (Å²) in [6.07, 6.45) is 0. The summed E-state index contributed by atoms with van der Waals surface area (Å²) in [5, 5.41) is 11.4. The maximum Gasteiger partial charge on any atom is 0.120 e. The lowest BCUT2D eigenvalue weighted by atomic mass is 10.3. The smallest absolute Gasteiger partial charge is 0.120 e. The highest BCUT2D eigenvalue weighted by atomic mass is 35.5. The molecule has 1 aromatic rings. The predicted molar refractivity (Wildman–Crippen MR) is 61.9 cm³/mol. The Balaban J connectivity index is 2.78. The van der Waals surface area contributed by atoms with Crippen molar-refractivity contribution < 1.29 is 0 Å². The SMILES string of the molecule is CN/C(N)=C(C)/N=N/c1ccc(Cl)cc1. The Bertz CT molecular complexity index is 381. The quantitative estimate of drug-likeness (QED) is 0.776. The van der Waals surface area contributed by atoms with Crippen LogP contribution in [0, 0.1) is 0 Å². The highest BCUT2D eigenvalue weighted by Crippen LogP contribution is 2.17. The van der Waals surface area contributed by atoms with Crippen LogP contribution in [-0.2, 0) is 0 Å². The number of azo groups is 1. The Morgan fingerprint density at radius 1 is 1.33 bits per heavy atom. The first-order valence-electron chi connectivity index (χ1n) is 4.45. The summed E-state index contributed by atoms with van der Waals surface area (Å²) in [6.45, 7) is 1.78. The Morgan fingerprint density at radius 3 is 2.47 bits per heavy atom. The molecule has 0 aliphatic heterocycles. The number of allylic oxidation sites excluding steroid dienone is 1. The van der Waals surface area contributed by atoms with Crippen LogP contribution in [0.2, 0.25) is 5.02 Å². The summed E-state index contributed by atoms with van der Waals surface area (Å²) in [5.74, 6) is 0.507. The van der Waals surface area contributed by atoms with E-state index in [1.807, 2.05) is 0 Å². The molecule has 0 unspecified atom stereocenters. The van der Waals surface area contributed by atoms with Gasteiger partial charge in [-0.25, -0.2) is 0 Å². The molecule has 0 amide bonds. The summed E-state index contributed by atoms with van der Waals surface area (Å²) in [7, 11) is 1.73. The third-order valence-electron chi connectivity index (χ3n) is 1.80. The largest absolute Gasteiger partial charge is 0.384 e. The number of nitrogens with one attached hydrogen (secondary N) is 1. The number of hydrogen-bond acceptors (Lipinski definition) is 4. The minimum atomic E-state index is 0.507. The zero-order chi connectivity index (χ0) is 11.3. The number of rotatable bonds is 3. The topological polar surface area (TPSA) is 62.8 Å². The second kappa shape index (κ2) is 5.36. The second-order valence-corrected chi connectivity index (χ2v) is 3.36. The number of nitrogens with zero attached hydrogens (tertiary/aromatic N) is 2. The molecule has 0 spiro atoms. The van der Waals surface area contributed by atoms with Crippen molar-refractivity contribution in [2.24, 2.45) is 16.0 Å². The van der Waals surface area contributed by atoms with Gasteiger partial charge in [-0.15, -0.1) is 0 Å². The van der Waals surface area contributed by atoms with Crippen molar-refractivity contribution in [2.75, 3.05) is 7.05 Å². The fourth-order valence-corrected chi connectivity index (χ4v) is 1.00. The molecule has 15 heavy (non-hydrogen) atoms.